The summed E-state index contributed by atoms with van der Waals surface area (Å²) in [6, 6.07) is 15.5. The van der Waals surface area contributed by atoms with Crippen LogP contribution in [-0.2, 0) is 23.2 Å². The number of halogens is 1. The van der Waals surface area contributed by atoms with Crippen molar-refractivity contribution in [1.82, 2.24) is 15.0 Å². The maximum Gasteiger partial charge on any atom is 0.246 e. The van der Waals surface area contributed by atoms with E-state index in [0.29, 0.717) is 16.7 Å². The van der Waals surface area contributed by atoms with Crippen molar-refractivity contribution in [2.24, 2.45) is 0 Å². The summed E-state index contributed by atoms with van der Waals surface area (Å²) in [5.74, 6) is 0.842. The Labute approximate surface area is 170 Å². The van der Waals surface area contributed by atoms with Crippen LogP contribution < -0.4 is 0 Å². The minimum absolute atomic E-state index is 0.0672. The first-order valence-corrected chi connectivity index (χ1v) is 9.53. The largest absolute Gasteiger partial charge is 0.337 e. The molecule has 0 aliphatic carbocycles. The fraction of sp³-hybridized carbons (Fsp3) is 0.318. The smallest absolute Gasteiger partial charge is 0.246 e. The van der Waals surface area contributed by atoms with Crippen molar-refractivity contribution < 1.29 is 9.32 Å². The van der Waals surface area contributed by atoms with Gasteiger partial charge in [-0.2, -0.15) is 4.98 Å². The predicted octanol–water partition coefficient (Wildman–Crippen LogP) is 4.89. The molecule has 0 saturated heterocycles. The molecule has 0 N–H and O–H groups in total. The fourth-order valence-electron chi connectivity index (χ4n) is 2.79. The third-order valence-electron chi connectivity index (χ3n) is 4.57. The highest BCUT2D eigenvalue weighted by Crippen LogP contribution is 2.25. The third-order valence-corrected chi connectivity index (χ3v) is 4.94. The van der Waals surface area contributed by atoms with Crippen molar-refractivity contribution in [3.05, 3.63) is 70.6 Å². The summed E-state index contributed by atoms with van der Waals surface area (Å²) in [6.07, 6.45) is 0.228. The number of carbonyl (C=O) groups excluding carboxylic acids is 1. The van der Waals surface area contributed by atoms with Crippen molar-refractivity contribution in [3.8, 4) is 11.4 Å². The van der Waals surface area contributed by atoms with Crippen LogP contribution in [0.5, 0.6) is 0 Å². The molecule has 0 radical (unpaired) electrons. The quantitative estimate of drug-likeness (QED) is 0.615. The highest BCUT2D eigenvalue weighted by molar-refractivity contribution is 6.31. The molecule has 1 heterocycles. The van der Waals surface area contributed by atoms with Gasteiger partial charge in [0, 0.05) is 17.6 Å². The molecule has 0 unspecified atom stereocenters. The Morgan fingerprint density at radius 1 is 1.11 bits per heavy atom. The van der Waals surface area contributed by atoms with E-state index in [-0.39, 0.29) is 24.3 Å². The van der Waals surface area contributed by atoms with Gasteiger partial charge in [0.05, 0.1) is 13.0 Å². The lowest BCUT2D eigenvalue weighted by molar-refractivity contribution is -0.130. The molecule has 5 nitrogen and oxygen atoms in total. The molecule has 0 aliphatic rings. The molecule has 6 heteroatoms. The lowest BCUT2D eigenvalue weighted by Gasteiger charge is -2.18. The molecule has 0 atom stereocenters. The molecule has 1 aromatic heterocycles. The van der Waals surface area contributed by atoms with E-state index < -0.39 is 0 Å². The summed E-state index contributed by atoms with van der Waals surface area (Å²) in [6.45, 7) is 6.76. The van der Waals surface area contributed by atoms with E-state index in [0.717, 1.165) is 11.1 Å². The van der Waals surface area contributed by atoms with Gasteiger partial charge in [0.25, 0.3) is 0 Å². The average molecular weight is 398 g/mol. The Hall–Kier alpha value is -2.66. The molecule has 0 aliphatic heterocycles. The summed E-state index contributed by atoms with van der Waals surface area (Å²) in [4.78, 5) is 18.4. The highest BCUT2D eigenvalue weighted by Gasteiger charge is 2.17. The summed E-state index contributed by atoms with van der Waals surface area (Å²) >= 11 is 6.13. The molecule has 146 valence electrons. The second kappa shape index (κ2) is 8.15. The van der Waals surface area contributed by atoms with Gasteiger partial charge in [-0.05, 0) is 22.6 Å². The second-order valence-electron chi connectivity index (χ2n) is 7.86. The van der Waals surface area contributed by atoms with E-state index in [1.165, 1.54) is 5.56 Å². The number of rotatable bonds is 5. The van der Waals surface area contributed by atoms with Gasteiger partial charge in [0.2, 0.25) is 17.6 Å². The van der Waals surface area contributed by atoms with Crippen LogP contribution in [-0.4, -0.2) is 28.0 Å². The second-order valence-corrected chi connectivity index (χ2v) is 8.26. The molecule has 0 saturated carbocycles. The molecule has 3 rings (SSSR count). The molecule has 28 heavy (non-hydrogen) atoms. The first-order valence-electron chi connectivity index (χ1n) is 9.15. The van der Waals surface area contributed by atoms with Crippen LogP contribution in [0.1, 0.15) is 37.8 Å². The molecule has 2 aromatic carbocycles. The zero-order valence-corrected chi connectivity index (χ0v) is 17.3. The lowest BCUT2D eigenvalue weighted by Crippen LogP contribution is -2.27. The van der Waals surface area contributed by atoms with Crippen molar-refractivity contribution >= 4 is 17.5 Å². The number of amides is 1. The fourth-order valence-corrected chi connectivity index (χ4v) is 2.99. The van der Waals surface area contributed by atoms with Gasteiger partial charge in [-0.15, -0.1) is 0 Å². The Balaban J connectivity index is 1.65. The molecule has 1 amide bonds. The van der Waals surface area contributed by atoms with Crippen LogP contribution in [0.4, 0.5) is 0 Å². The molecule has 0 fully saturated rings. The van der Waals surface area contributed by atoms with Crippen molar-refractivity contribution in [1.29, 1.82) is 0 Å². The van der Waals surface area contributed by atoms with Crippen LogP contribution >= 0.6 is 11.6 Å². The summed E-state index contributed by atoms with van der Waals surface area (Å²) < 4.78 is 5.33. The molecule has 3 aromatic rings. The van der Waals surface area contributed by atoms with Crippen LogP contribution in [0, 0.1) is 0 Å². The highest BCUT2D eigenvalue weighted by atomic mass is 35.5. The van der Waals surface area contributed by atoms with E-state index in [1.54, 1.807) is 18.0 Å². The Bertz CT molecular complexity index is 958. The Kier molecular flexibility index (Phi) is 5.84. The standard InChI is InChI=1S/C22H24ClN3O2/c1-22(2,3)17-11-9-15(10-12-17)21-24-19(28-25-21)14-26(4)20(27)13-16-7-5-6-8-18(16)23/h5-12H,13-14H2,1-4H3. The molecular weight excluding hydrogens is 374 g/mol. The average Bonchev–Trinajstić information content (AvgIpc) is 3.11. The van der Waals surface area contributed by atoms with E-state index in [9.17, 15) is 4.79 Å². The van der Waals surface area contributed by atoms with Gasteiger partial charge >= 0.3 is 0 Å². The van der Waals surface area contributed by atoms with Gasteiger partial charge in [-0.25, -0.2) is 0 Å². The lowest BCUT2D eigenvalue weighted by atomic mass is 9.87. The number of aromatic nitrogens is 2. The third kappa shape index (κ3) is 4.78. The minimum atomic E-state index is -0.0672. The van der Waals surface area contributed by atoms with Gasteiger partial charge < -0.3 is 9.42 Å². The van der Waals surface area contributed by atoms with Gasteiger partial charge in [-0.1, -0.05) is 80.0 Å². The number of hydrogen-bond acceptors (Lipinski definition) is 4. The van der Waals surface area contributed by atoms with Gasteiger partial charge in [0.1, 0.15) is 0 Å². The number of benzene rings is 2. The summed E-state index contributed by atoms with van der Waals surface area (Å²) in [5.41, 5.74) is 3.01. The topological polar surface area (TPSA) is 59.2 Å². The first-order chi connectivity index (χ1) is 13.2. The molecule has 0 spiro atoms. The monoisotopic (exact) mass is 397 g/mol. The Morgan fingerprint density at radius 3 is 2.43 bits per heavy atom. The normalized spacial score (nSPS) is 11.5. The van der Waals surface area contributed by atoms with Crippen LogP contribution in [0.2, 0.25) is 5.02 Å². The number of likely N-dealkylation sites (N-methyl/N-ethyl adjacent to an activating group) is 1. The van der Waals surface area contributed by atoms with Crippen LogP contribution in [0.15, 0.2) is 53.1 Å². The van der Waals surface area contributed by atoms with Gasteiger partial charge in [-0.3, -0.25) is 4.79 Å². The first kappa shape index (κ1) is 20.1. The number of nitrogens with zero attached hydrogens (tertiary/aromatic N) is 3. The van der Waals surface area contributed by atoms with Crippen LogP contribution in [0.25, 0.3) is 11.4 Å². The van der Waals surface area contributed by atoms with E-state index in [4.69, 9.17) is 16.1 Å². The SMILES string of the molecule is CN(Cc1nc(-c2ccc(C(C)(C)C)cc2)no1)C(=O)Cc1ccccc1Cl. The molecule has 0 bridgehead atoms. The molecular formula is C22H24ClN3O2. The van der Waals surface area contributed by atoms with Crippen molar-refractivity contribution in [3.63, 3.8) is 0 Å². The van der Waals surface area contributed by atoms with Crippen LogP contribution in [0.3, 0.4) is 0 Å². The number of hydrogen-bond donors (Lipinski definition) is 0. The van der Waals surface area contributed by atoms with Crippen molar-refractivity contribution in [2.75, 3.05) is 7.05 Å². The zero-order valence-electron chi connectivity index (χ0n) is 16.6. The number of carbonyl (C=O) groups is 1. The van der Waals surface area contributed by atoms with E-state index >= 15 is 0 Å². The van der Waals surface area contributed by atoms with E-state index in [2.05, 4.69) is 43.0 Å². The summed E-state index contributed by atoms with van der Waals surface area (Å²) in [7, 11) is 1.71. The zero-order chi connectivity index (χ0) is 20.3. The van der Waals surface area contributed by atoms with Gasteiger partial charge in [0.15, 0.2) is 0 Å². The maximum absolute atomic E-state index is 12.5. The predicted molar refractivity (Wildman–Crippen MR) is 110 cm³/mol. The minimum Gasteiger partial charge on any atom is -0.337 e. The van der Waals surface area contributed by atoms with Crippen molar-refractivity contribution in [2.45, 2.75) is 39.2 Å². The summed E-state index contributed by atoms with van der Waals surface area (Å²) in [5, 5.41) is 4.63. The van der Waals surface area contributed by atoms with E-state index in [1.807, 2.05) is 30.3 Å². The maximum atomic E-state index is 12.5. The Morgan fingerprint density at radius 2 is 1.79 bits per heavy atom.